The van der Waals surface area contributed by atoms with Gasteiger partial charge in [-0.15, -0.1) is 0 Å². The van der Waals surface area contributed by atoms with E-state index in [4.69, 9.17) is 28.3 Å². The fraction of sp³-hybridized carbons (Fsp3) is 0.263. The van der Waals surface area contributed by atoms with E-state index in [1.54, 1.807) is 0 Å². The molecule has 1 heterocycles. The monoisotopic (exact) mass is 456 g/mol. The van der Waals surface area contributed by atoms with E-state index in [1.807, 2.05) is 33.7 Å². The second-order valence-corrected chi connectivity index (χ2v) is 6.72. The van der Waals surface area contributed by atoms with Crippen LogP contribution in [0.5, 0.6) is 0 Å². The second-order valence-electron chi connectivity index (χ2n) is 6.01. The highest BCUT2D eigenvalue weighted by atomic mass is 79.9. The maximum absolute atomic E-state index is 10.6. The van der Waals surface area contributed by atoms with Gasteiger partial charge in [-0.05, 0) is 46.8 Å². The van der Waals surface area contributed by atoms with E-state index in [-0.39, 0.29) is 23.4 Å². The molecule has 3 aromatic rings. The Balaban J connectivity index is 0.00000243. The molecular weight excluding hydrogens is 439 g/mol. The van der Waals surface area contributed by atoms with Crippen molar-refractivity contribution in [2.75, 3.05) is 0 Å². The predicted molar refractivity (Wildman–Crippen MR) is 99.2 cm³/mol. The Kier molecular flexibility index (Phi) is 7.50. The van der Waals surface area contributed by atoms with Gasteiger partial charge in [0.05, 0.1) is 6.54 Å². The minimum atomic E-state index is -0.775. The molecule has 7 heteroatoms. The number of hydrogen-bond acceptors (Lipinski definition) is 1. The number of rotatable bonds is 7. The van der Waals surface area contributed by atoms with Crippen molar-refractivity contribution in [3.05, 3.63) is 64.7 Å². The Labute approximate surface area is 172 Å². The van der Waals surface area contributed by atoms with Crippen LogP contribution in [0.4, 0.5) is 0 Å². The van der Waals surface area contributed by atoms with Crippen molar-refractivity contribution in [1.29, 1.82) is 0 Å². The van der Waals surface area contributed by atoms with Crippen LogP contribution in [0.2, 0.25) is 10.3 Å². The quantitative estimate of drug-likeness (QED) is 0.432. The number of fused-ring (bicyclic) bond motifs is 1. The van der Waals surface area contributed by atoms with Crippen LogP contribution in [0.3, 0.4) is 0 Å². The lowest BCUT2D eigenvalue weighted by atomic mass is 10.0. The lowest BCUT2D eigenvalue weighted by molar-refractivity contribution is -0.685. The van der Waals surface area contributed by atoms with Crippen LogP contribution >= 0.6 is 23.2 Å². The molecule has 4 nitrogen and oxygen atoms in total. The number of aryl methyl sites for hydroxylation is 1. The molecule has 3 rings (SSSR count). The molecule has 0 saturated heterocycles. The number of aliphatic carboxylic acids is 1. The van der Waals surface area contributed by atoms with Gasteiger partial charge in [0.15, 0.2) is 0 Å². The van der Waals surface area contributed by atoms with Crippen LogP contribution in [-0.2, 0) is 17.9 Å². The molecular formula is C19H19BrCl2N2O2. The molecule has 0 radical (unpaired) electrons. The molecule has 0 amide bonds. The number of nitrogens with zero attached hydrogens (tertiary/aromatic N) is 2. The second kappa shape index (κ2) is 9.40. The van der Waals surface area contributed by atoms with Crippen molar-refractivity contribution >= 4 is 39.9 Å². The Hall–Kier alpha value is -1.56. The first-order chi connectivity index (χ1) is 12.1. The predicted octanol–water partition coefficient (Wildman–Crippen LogP) is 1.54. The van der Waals surface area contributed by atoms with Crippen LogP contribution in [-0.4, -0.2) is 15.6 Å². The van der Waals surface area contributed by atoms with E-state index < -0.39 is 5.97 Å². The van der Waals surface area contributed by atoms with Gasteiger partial charge in [-0.2, -0.15) is 0 Å². The molecule has 0 fully saturated rings. The average molecular weight is 458 g/mol. The summed E-state index contributed by atoms with van der Waals surface area (Å²) in [7, 11) is 0. The molecule has 2 aromatic carbocycles. The number of carboxylic acids is 1. The minimum Gasteiger partial charge on any atom is -1.00 e. The summed E-state index contributed by atoms with van der Waals surface area (Å²) in [5, 5.41) is 12.1. The standard InChI is InChI=1S/C19H18Cl2N2O2.BrH/c20-18-19(21)23(13-22(18)11-4-3-10-17(24)25)12-15-8-5-7-14-6-1-2-9-16(14)15;/h1-2,5-9,13H,3-4,10-12H2;1H. The fourth-order valence-electron chi connectivity index (χ4n) is 2.95. The molecule has 0 spiro atoms. The van der Waals surface area contributed by atoms with Gasteiger partial charge >= 0.3 is 5.97 Å². The van der Waals surface area contributed by atoms with Gasteiger partial charge in [0.2, 0.25) is 6.33 Å². The molecule has 0 atom stereocenters. The van der Waals surface area contributed by atoms with Crippen molar-refractivity contribution in [3.8, 4) is 0 Å². The molecule has 0 unspecified atom stereocenters. The average Bonchev–Trinajstić information content (AvgIpc) is 2.87. The molecule has 0 saturated carbocycles. The van der Waals surface area contributed by atoms with E-state index >= 15 is 0 Å². The summed E-state index contributed by atoms with van der Waals surface area (Å²) in [6.07, 6.45) is 3.42. The summed E-state index contributed by atoms with van der Waals surface area (Å²) in [5.41, 5.74) is 1.17. The van der Waals surface area contributed by atoms with Crippen molar-refractivity contribution in [1.82, 2.24) is 4.57 Å². The first-order valence-corrected chi connectivity index (χ1v) is 8.94. The summed E-state index contributed by atoms with van der Waals surface area (Å²) in [6, 6.07) is 14.5. The van der Waals surface area contributed by atoms with Crippen molar-refractivity contribution in [3.63, 3.8) is 0 Å². The van der Waals surface area contributed by atoms with E-state index in [2.05, 4.69) is 24.3 Å². The molecule has 0 bridgehead atoms. The van der Waals surface area contributed by atoms with Crippen LogP contribution in [0.1, 0.15) is 24.8 Å². The summed E-state index contributed by atoms with van der Waals surface area (Å²) >= 11 is 12.7. The van der Waals surface area contributed by atoms with Gasteiger partial charge in [0.1, 0.15) is 6.54 Å². The normalized spacial score (nSPS) is 10.7. The van der Waals surface area contributed by atoms with Crippen LogP contribution < -0.4 is 21.5 Å². The molecule has 0 aliphatic carbocycles. The highest BCUT2D eigenvalue weighted by Gasteiger charge is 2.20. The van der Waals surface area contributed by atoms with E-state index in [1.165, 1.54) is 16.3 Å². The lowest BCUT2D eigenvalue weighted by Gasteiger charge is -2.04. The topological polar surface area (TPSA) is 46.1 Å². The molecule has 138 valence electrons. The van der Waals surface area contributed by atoms with E-state index in [0.717, 1.165) is 6.42 Å². The van der Waals surface area contributed by atoms with Gasteiger partial charge < -0.3 is 22.1 Å². The van der Waals surface area contributed by atoms with Gasteiger partial charge in [-0.3, -0.25) is 4.79 Å². The Morgan fingerprint density at radius 2 is 1.81 bits per heavy atom. The van der Waals surface area contributed by atoms with Crippen LogP contribution in [0, 0.1) is 0 Å². The summed E-state index contributed by atoms with van der Waals surface area (Å²) in [5.74, 6) is -0.775. The Bertz CT molecular complexity index is 906. The summed E-state index contributed by atoms with van der Waals surface area (Å²) < 4.78 is 3.79. The smallest absolute Gasteiger partial charge is 0.303 e. The number of halogens is 3. The molecule has 26 heavy (non-hydrogen) atoms. The first-order valence-electron chi connectivity index (χ1n) is 8.18. The number of imidazole rings is 1. The number of aromatic nitrogens is 2. The zero-order valence-electron chi connectivity index (χ0n) is 14.0. The fourth-order valence-corrected chi connectivity index (χ4v) is 3.39. The number of carboxylic acid groups (broad SMARTS) is 1. The van der Waals surface area contributed by atoms with E-state index in [9.17, 15) is 4.79 Å². The number of benzene rings is 2. The zero-order valence-corrected chi connectivity index (χ0v) is 17.1. The third kappa shape index (κ3) is 4.78. The Morgan fingerprint density at radius 3 is 2.58 bits per heavy atom. The molecule has 1 N–H and O–H groups in total. The van der Waals surface area contributed by atoms with Crippen molar-refractivity contribution in [2.24, 2.45) is 0 Å². The highest BCUT2D eigenvalue weighted by molar-refractivity contribution is 6.39. The Morgan fingerprint density at radius 1 is 1.08 bits per heavy atom. The van der Waals surface area contributed by atoms with Gasteiger partial charge in [0, 0.05) is 12.0 Å². The zero-order chi connectivity index (χ0) is 17.8. The first kappa shape index (κ1) is 20.7. The molecule has 0 aliphatic heterocycles. The van der Waals surface area contributed by atoms with Crippen LogP contribution in [0.25, 0.3) is 10.8 Å². The molecule has 0 aliphatic rings. The molecule has 1 aromatic heterocycles. The van der Waals surface area contributed by atoms with Gasteiger partial charge in [-0.1, -0.05) is 42.5 Å². The third-order valence-electron chi connectivity index (χ3n) is 4.21. The maximum atomic E-state index is 10.6. The van der Waals surface area contributed by atoms with Crippen molar-refractivity contribution < 1.29 is 31.4 Å². The summed E-state index contributed by atoms with van der Waals surface area (Å²) in [4.78, 5) is 10.6. The van der Waals surface area contributed by atoms with E-state index in [0.29, 0.717) is 29.8 Å². The van der Waals surface area contributed by atoms with Crippen LogP contribution in [0.15, 0.2) is 48.8 Å². The summed E-state index contributed by atoms with van der Waals surface area (Å²) in [6.45, 7) is 1.27. The third-order valence-corrected chi connectivity index (χ3v) is 5.10. The van der Waals surface area contributed by atoms with Crippen molar-refractivity contribution in [2.45, 2.75) is 32.4 Å². The lowest BCUT2D eigenvalue weighted by Crippen LogP contribution is -3.00. The number of carbonyl (C=O) groups is 1. The number of hydrogen-bond donors (Lipinski definition) is 1. The largest absolute Gasteiger partial charge is 1.00 e. The SMILES string of the molecule is O=C(O)CCCCn1c[n+](Cc2cccc3ccccc23)c(Cl)c1Cl.[Br-]. The van der Waals surface area contributed by atoms with Gasteiger partial charge in [0.25, 0.3) is 10.3 Å². The minimum absolute atomic E-state index is 0. The maximum Gasteiger partial charge on any atom is 0.303 e. The van der Waals surface area contributed by atoms with Gasteiger partial charge in [-0.25, -0.2) is 9.13 Å². The number of unbranched alkanes of at least 4 members (excludes halogenated alkanes) is 1. The highest BCUT2D eigenvalue weighted by Crippen LogP contribution is 2.22.